The molecule has 1 aromatic carbocycles. The Morgan fingerprint density at radius 1 is 1.45 bits per heavy atom. The molecule has 0 aliphatic carbocycles. The summed E-state index contributed by atoms with van der Waals surface area (Å²) in [4.78, 5) is 2.16. The normalized spacial score (nSPS) is 25.6. The second-order valence-corrected chi connectivity index (χ2v) is 6.48. The highest BCUT2D eigenvalue weighted by Gasteiger charge is 2.41. The van der Waals surface area contributed by atoms with Crippen molar-refractivity contribution in [2.24, 2.45) is 5.41 Å². The van der Waals surface area contributed by atoms with Crippen molar-refractivity contribution in [3.63, 3.8) is 0 Å². The van der Waals surface area contributed by atoms with Gasteiger partial charge in [0.25, 0.3) is 0 Å². The molecule has 1 aromatic rings. The van der Waals surface area contributed by atoms with Crippen LogP contribution < -0.4 is 0 Å². The molecule has 1 fully saturated rings. The van der Waals surface area contributed by atoms with Crippen molar-refractivity contribution >= 4 is 5.57 Å². The van der Waals surface area contributed by atoms with Gasteiger partial charge in [0.2, 0.25) is 0 Å². The number of benzene rings is 1. The van der Waals surface area contributed by atoms with E-state index in [1.807, 2.05) is 13.8 Å². The van der Waals surface area contributed by atoms with Crippen LogP contribution in [0, 0.1) is 16.7 Å². The molecule has 0 radical (unpaired) electrons. The van der Waals surface area contributed by atoms with Crippen molar-refractivity contribution in [2.45, 2.75) is 45.8 Å². The summed E-state index contributed by atoms with van der Waals surface area (Å²) in [5, 5.41) is 8.97. The highest BCUT2D eigenvalue weighted by Crippen LogP contribution is 2.40. The van der Waals surface area contributed by atoms with Crippen molar-refractivity contribution in [2.75, 3.05) is 13.1 Å². The number of nitrogens with zero attached hydrogens (tertiary/aromatic N) is 2. The standard InChI is InChI=1S/C19H25FN2/c1-4-19(9-11-21)10-12-22(14-18(19)20)13-16-5-7-17(8-6-16)15(2)3/h5-8,18H,2,4,9-10,12-14H2,1,3H3. The number of alkyl halides is 1. The molecule has 1 aliphatic rings. The molecule has 2 unspecified atom stereocenters. The van der Waals surface area contributed by atoms with Crippen LogP contribution >= 0.6 is 0 Å². The molecule has 0 aromatic heterocycles. The van der Waals surface area contributed by atoms with E-state index in [2.05, 4.69) is 41.8 Å². The molecule has 1 saturated heterocycles. The van der Waals surface area contributed by atoms with E-state index in [4.69, 9.17) is 5.26 Å². The Kier molecular flexibility index (Phi) is 5.37. The Morgan fingerprint density at radius 2 is 2.14 bits per heavy atom. The zero-order valence-electron chi connectivity index (χ0n) is 13.6. The second-order valence-electron chi connectivity index (χ2n) is 6.48. The molecule has 0 saturated carbocycles. The monoisotopic (exact) mass is 300 g/mol. The maximum Gasteiger partial charge on any atom is 0.119 e. The maximum atomic E-state index is 14.6. The number of likely N-dealkylation sites (tertiary alicyclic amines) is 1. The van der Waals surface area contributed by atoms with E-state index < -0.39 is 11.6 Å². The number of nitriles is 1. The second kappa shape index (κ2) is 7.07. The summed E-state index contributed by atoms with van der Waals surface area (Å²) in [5.74, 6) is 0. The van der Waals surface area contributed by atoms with E-state index in [0.29, 0.717) is 13.0 Å². The summed E-state index contributed by atoms with van der Waals surface area (Å²) in [6.45, 7) is 9.98. The number of halogens is 1. The Labute approximate surface area is 133 Å². The van der Waals surface area contributed by atoms with Gasteiger partial charge in [-0.2, -0.15) is 5.26 Å². The highest BCUT2D eigenvalue weighted by atomic mass is 19.1. The van der Waals surface area contributed by atoms with Crippen molar-refractivity contribution in [3.05, 3.63) is 42.0 Å². The Bertz CT molecular complexity index is 558. The quantitative estimate of drug-likeness (QED) is 0.796. The SMILES string of the molecule is C=C(C)c1ccc(CN2CCC(CC)(CC#N)C(F)C2)cc1. The summed E-state index contributed by atoms with van der Waals surface area (Å²) in [7, 11) is 0. The van der Waals surface area contributed by atoms with Crippen LogP contribution in [0.25, 0.3) is 5.57 Å². The fraction of sp³-hybridized carbons (Fsp3) is 0.526. The average Bonchev–Trinajstić information content (AvgIpc) is 2.51. The fourth-order valence-corrected chi connectivity index (χ4v) is 3.23. The molecule has 3 heteroatoms. The predicted molar refractivity (Wildman–Crippen MR) is 88.9 cm³/mol. The summed E-state index contributed by atoms with van der Waals surface area (Å²) < 4.78 is 14.6. The van der Waals surface area contributed by atoms with E-state index in [0.717, 1.165) is 37.1 Å². The maximum absolute atomic E-state index is 14.6. The van der Waals surface area contributed by atoms with E-state index in [9.17, 15) is 4.39 Å². The zero-order chi connectivity index (χ0) is 16.2. The Hall–Kier alpha value is -1.66. The molecule has 2 nitrogen and oxygen atoms in total. The third kappa shape index (κ3) is 3.56. The van der Waals surface area contributed by atoms with Crippen LogP contribution in [0.1, 0.15) is 44.2 Å². The van der Waals surface area contributed by atoms with E-state index in [1.54, 1.807) is 0 Å². The summed E-state index contributed by atoms with van der Waals surface area (Å²) >= 11 is 0. The highest BCUT2D eigenvalue weighted by molar-refractivity contribution is 5.61. The minimum Gasteiger partial charge on any atom is -0.296 e. The van der Waals surface area contributed by atoms with Gasteiger partial charge in [-0.05, 0) is 37.4 Å². The van der Waals surface area contributed by atoms with Crippen molar-refractivity contribution in [3.8, 4) is 6.07 Å². The Balaban J connectivity index is 1.99. The van der Waals surface area contributed by atoms with Gasteiger partial charge in [-0.3, -0.25) is 4.90 Å². The van der Waals surface area contributed by atoms with E-state index >= 15 is 0 Å². The van der Waals surface area contributed by atoms with Crippen molar-refractivity contribution < 1.29 is 4.39 Å². The fourth-order valence-electron chi connectivity index (χ4n) is 3.23. The number of allylic oxidation sites excluding steroid dienone is 1. The first-order chi connectivity index (χ1) is 10.5. The minimum absolute atomic E-state index is 0.325. The predicted octanol–water partition coefficient (Wildman–Crippen LogP) is 4.57. The number of rotatable bonds is 5. The minimum atomic E-state index is -0.916. The van der Waals surface area contributed by atoms with Crippen molar-refractivity contribution in [1.29, 1.82) is 5.26 Å². The molecule has 1 aliphatic heterocycles. The van der Waals surface area contributed by atoms with Gasteiger partial charge in [-0.1, -0.05) is 43.3 Å². The molecule has 0 bridgehead atoms. The topological polar surface area (TPSA) is 27.0 Å². The lowest BCUT2D eigenvalue weighted by Crippen LogP contribution is -2.48. The van der Waals surface area contributed by atoms with Crippen LogP contribution in [0.2, 0.25) is 0 Å². The smallest absolute Gasteiger partial charge is 0.119 e. The van der Waals surface area contributed by atoms with Crippen LogP contribution in [0.15, 0.2) is 30.8 Å². The van der Waals surface area contributed by atoms with Crippen molar-refractivity contribution in [1.82, 2.24) is 4.90 Å². The first-order valence-corrected chi connectivity index (χ1v) is 7.99. The lowest BCUT2D eigenvalue weighted by atomic mass is 9.72. The number of hydrogen-bond acceptors (Lipinski definition) is 2. The Morgan fingerprint density at radius 3 is 2.64 bits per heavy atom. The molecule has 2 rings (SSSR count). The van der Waals surface area contributed by atoms with Gasteiger partial charge in [-0.25, -0.2) is 4.39 Å². The van der Waals surface area contributed by atoms with Gasteiger partial charge in [0.1, 0.15) is 6.17 Å². The molecule has 22 heavy (non-hydrogen) atoms. The van der Waals surface area contributed by atoms with Crippen LogP contribution in [0.4, 0.5) is 4.39 Å². The van der Waals surface area contributed by atoms with Gasteiger partial charge >= 0.3 is 0 Å². The third-order valence-electron chi connectivity index (χ3n) is 5.00. The summed E-state index contributed by atoms with van der Waals surface area (Å²) in [6, 6.07) is 10.5. The molecule has 0 amide bonds. The third-order valence-corrected chi connectivity index (χ3v) is 5.00. The van der Waals surface area contributed by atoms with E-state index in [-0.39, 0.29) is 0 Å². The first-order valence-electron chi connectivity index (χ1n) is 7.99. The van der Waals surface area contributed by atoms with Gasteiger partial charge in [0, 0.05) is 24.9 Å². The largest absolute Gasteiger partial charge is 0.296 e. The number of piperidine rings is 1. The molecular formula is C19H25FN2. The van der Waals surface area contributed by atoms with Gasteiger partial charge in [0.05, 0.1) is 6.07 Å². The molecule has 0 N–H and O–H groups in total. The van der Waals surface area contributed by atoms with Gasteiger partial charge < -0.3 is 0 Å². The first kappa shape index (κ1) is 16.7. The molecule has 1 heterocycles. The number of hydrogen-bond donors (Lipinski definition) is 0. The lowest BCUT2D eigenvalue weighted by Gasteiger charge is -2.42. The zero-order valence-corrected chi connectivity index (χ0v) is 13.6. The van der Waals surface area contributed by atoms with Crippen LogP contribution in [-0.4, -0.2) is 24.2 Å². The average molecular weight is 300 g/mol. The molecule has 2 atom stereocenters. The van der Waals surface area contributed by atoms with Crippen LogP contribution in [-0.2, 0) is 6.54 Å². The van der Waals surface area contributed by atoms with Gasteiger partial charge in [-0.15, -0.1) is 0 Å². The molecular weight excluding hydrogens is 275 g/mol. The van der Waals surface area contributed by atoms with Gasteiger partial charge in [0.15, 0.2) is 0 Å². The molecule has 118 valence electrons. The van der Waals surface area contributed by atoms with Crippen LogP contribution in [0.3, 0.4) is 0 Å². The molecule has 0 spiro atoms. The lowest BCUT2D eigenvalue weighted by molar-refractivity contribution is 0.00335. The van der Waals surface area contributed by atoms with E-state index in [1.165, 1.54) is 5.56 Å². The summed E-state index contributed by atoms with van der Waals surface area (Å²) in [6.07, 6.45) is 0.914. The summed E-state index contributed by atoms with van der Waals surface area (Å²) in [5.41, 5.74) is 2.96. The van der Waals surface area contributed by atoms with Crippen LogP contribution in [0.5, 0.6) is 0 Å².